The maximum Gasteiger partial charge on any atom is 0.410 e. The molecule has 1 N–H and O–H groups in total. The van der Waals surface area contributed by atoms with Gasteiger partial charge >= 0.3 is 6.09 Å². The molecule has 142 valence electrons. The molecule has 1 amide bonds. The number of benzene rings is 1. The Bertz CT molecular complexity index is 525. The first-order chi connectivity index (χ1) is 11.7. The summed E-state index contributed by atoms with van der Waals surface area (Å²) in [5.41, 5.74) is 0.546. The van der Waals surface area contributed by atoms with Gasteiger partial charge < -0.3 is 19.5 Å². The first kappa shape index (κ1) is 21.3. The van der Waals surface area contributed by atoms with Crippen molar-refractivity contribution in [3.63, 3.8) is 0 Å². The van der Waals surface area contributed by atoms with E-state index >= 15 is 0 Å². The standard InChI is InChI=1S/C19H32N2O4/c1-19(2,3)25-18(23)21(5)13-7-12-20(4)17(14-22)15-8-10-16(24-6)11-9-15/h8-11,17,22H,7,12-14H2,1-6H3. The minimum absolute atomic E-state index is 0.0325. The Morgan fingerprint density at radius 1 is 1.16 bits per heavy atom. The third-order valence-corrected chi connectivity index (χ3v) is 3.92. The van der Waals surface area contributed by atoms with E-state index < -0.39 is 5.60 Å². The smallest absolute Gasteiger partial charge is 0.410 e. The zero-order chi connectivity index (χ0) is 19.0. The molecule has 0 saturated carbocycles. The first-order valence-corrected chi connectivity index (χ1v) is 8.57. The van der Waals surface area contributed by atoms with Crippen molar-refractivity contribution in [2.24, 2.45) is 0 Å². The fraction of sp³-hybridized carbons (Fsp3) is 0.632. The number of likely N-dealkylation sites (N-methyl/N-ethyl adjacent to an activating group) is 1. The zero-order valence-corrected chi connectivity index (χ0v) is 16.3. The van der Waals surface area contributed by atoms with Gasteiger partial charge in [-0.1, -0.05) is 12.1 Å². The van der Waals surface area contributed by atoms with Crippen LogP contribution in [0.2, 0.25) is 0 Å². The van der Waals surface area contributed by atoms with E-state index in [0.717, 1.165) is 24.3 Å². The molecule has 1 aromatic carbocycles. The van der Waals surface area contributed by atoms with Crippen LogP contribution >= 0.6 is 0 Å². The van der Waals surface area contributed by atoms with E-state index in [1.54, 1.807) is 19.1 Å². The molecule has 0 radical (unpaired) electrons. The molecular weight excluding hydrogens is 320 g/mol. The highest BCUT2D eigenvalue weighted by Crippen LogP contribution is 2.22. The third-order valence-electron chi connectivity index (χ3n) is 3.92. The topological polar surface area (TPSA) is 62.2 Å². The number of hydrogen-bond donors (Lipinski definition) is 1. The number of carbonyl (C=O) groups is 1. The molecule has 1 unspecified atom stereocenters. The number of rotatable bonds is 8. The predicted molar refractivity (Wildman–Crippen MR) is 98.9 cm³/mol. The lowest BCUT2D eigenvalue weighted by atomic mass is 10.1. The molecule has 0 spiro atoms. The minimum Gasteiger partial charge on any atom is -0.497 e. The summed E-state index contributed by atoms with van der Waals surface area (Å²) in [6, 6.07) is 7.62. The van der Waals surface area contributed by atoms with Crippen LogP contribution in [0.25, 0.3) is 0 Å². The first-order valence-electron chi connectivity index (χ1n) is 8.57. The van der Waals surface area contributed by atoms with E-state index in [1.165, 1.54) is 0 Å². The highest BCUT2D eigenvalue weighted by Gasteiger charge is 2.20. The van der Waals surface area contributed by atoms with E-state index in [0.29, 0.717) is 6.54 Å². The number of nitrogens with zero attached hydrogens (tertiary/aromatic N) is 2. The van der Waals surface area contributed by atoms with Gasteiger partial charge in [0.15, 0.2) is 0 Å². The Balaban J connectivity index is 2.50. The Hall–Kier alpha value is -1.79. The summed E-state index contributed by atoms with van der Waals surface area (Å²) < 4.78 is 10.5. The lowest BCUT2D eigenvalue weighted by Gasteiger charge is -2.28. The summed E-state index contributed by atoms with van der Waals surface area (Å²) in [4.78, 5) is 15.6. The van der Waals surface area contributed by atoms with Gasteiger partial charge in [-0.15, -0.1) is 0 Å². The molecule has 0 bridgehead atoms. The average Bonchev–Trinajstić information content (AvgIpc) is 2.54. The van der Waals surface area contributed by atoms with Crippen molar-refractivity contribution in [3.05, 3.63) is 29.8 Å². The van der Waals surface area contributed by atoms with Crippen molar-refractivity contribution < 1.29 is 19.4 Å². The summed E-state index contributed by atoms with van der Waals surface area (Å²) in [6.45, 7) is 6.95. The SMILES string of the molecule is COc1ccc(C(CO)N(C)CCCN(C)C(=O)OC(C)(C)C)cc1. The van der Waals surface area contributed by atoms with Crippen molar-refractivity contribution >= 4 is 6.09 Å². The molecule has 6 heteroatoms. The molecule has 1 atom stereocenters. The molecule has 1 aromatic rings. The van der Waals surface area contributed by atoms with E-state index in [9.17, 15) is 9.90 Å². The number of hydrogen-bond acceptors (Lipinski definition) is 5. The molecule has 0 aliphatic heterocycles. The van der Waals surface area contributed by atoms with Crippen molar-refractivity contribution in [2.75, 3.05) is 40.9 Å². The number of methoxy groups -OCH3 is 1. The molecule has 0 heterocycles. The summed E-state index contributed by atoms with van der Waals surface area (Å²) in [5, 5.41) is 9.74. The highest BCUT2D eigenvalue weighted by molar-refractivity contribution is 5.67. The zero-order valence-electron chi connectivity index (χ0n) is 16.3. The number of carbonyl (C=O) groups excluding carboxylic acids is 1. The van der Waals surface area contributed by atoms with Crippen LogP contribution in [0.15, 0.2) is 24.3 Å². The van der Waals surface area contributed by atoms with Crippen LogP contribution in [-0.2, 0) is 4.74 Å². The number of aliphatic hydroxyl groups is 1. The minimum atomic E-state index is -0.488. The van der Waals surface area contributed by atoms with E-state index in [-0.39, 0.29) is 18.7 Å². The monoisotopic (exact) mass is 352 g/mol. The fourth-order valence-electron chi connectivity index (χ4n) is 2.47. The van der Waals surface area contributed by atoms with Gasteiger partial charge in [0.1, 0.15) is 11.4 Å². The highest BCUT2D eigenvalue weighted by atomic mass is 16.6. The fourth-order valence-corrected chi connectivity index (χ4v) is 2.47. The Morgan fingerprint density at radius 3 is 2.24 bits per heavy atom. The summed E-state index contributed by atoms with van der Waals surface area (Å²) in [5.74, 6) is 0.794. The second-order valence-electron chi connectivity index (χ2n) is 7.21. The lowest BCUT2D eigenvalue weighted by molar-refractivity contribution is 0.0290. The number of aliphatic hydroxyl groups excluding tert-OH is 1. The normalized spacial score (nSPS) is 12.8. The Labute approximate surface area is 151 Å². The molecule has 0 aliphatic rings. The predicted octanol–water partition coefficient (Wildman–Crippen LogP) is 2.92. The van der Waals surface area contributed by atoms with Crippen LogP contribution in [-0.4, -0.2) is 67.5 Å². The molecule has 1 rings (SSSR count). The van der Waals surface area contributed by atoms with Crippen molar-refractivity contribution in [1.29, 1.82) is 0 Å². The van der Waals surface area contributed by atoms with Crippen LogP contribution < -0.4 is 4.74 Å². The van der Waals surface area contributed by atoms with Gasteiger partial charge in [0, 0.05) is 20.1 Å². The van der Waals surface area contributed by atoms with Crippen molar-refractivity contribution in [3.8, 4) is 5.75 Å². The average molecular weight is 352 g/mol. The quantitative estimate of drug-likeness (QED) is 0.779. The van der Waals surface area contributed by atoms with Gasteiger partial charge in [0.05, 0.1) is 19.8 Å². The van der Waals surface area contributed by atoms with E-state index in [2.05, 4.69) is 4.90 Å². The largest absolute Gasteiger partial charge is 0.497 e. The van der Waals surface area contributed by atoms with Crippen LogP contribution in [0.4, 0.5) is 4.79 Å². The third kappa shape index (κ3) is 7.32. The van der Waals surface area contributed by atoms with Crippen molar-refractivity contribution in [2.45, 2.75) is 38.8 Å². The van der Waals surface area contributed by atoms with Crippen LogP contribution in [0, 0.1) is 0 Å². The van der Waals surface area contributed by atoms with Gasteiger partial charge in [-0.05, 0) is 51.9 Å². The Kier molecular flexibility index (Phi) is 8.19. The second kappa shape index (κ2) is 9.63. The second-order valence-corrected chi connectivity index (χ2v) is 7.21. The Morgan fingerprint density at radius 2 is 1.76 bits per heavy atom. The molecule has 0 fully saturated rings. The number of amides is 1. The summed E-state index contributed by atoms with van der Waals surface area (Å²) in [7, 11) is 5.34. The van der Waals surface area contributed by atoms with Gasteiger partial charge in [0.25, 0.3) is 0 Å². The molecule has 0 saturated heterocycles. The molecule has 0 aliphatic carbocycles. The molecule has 0 aromatic heterocycles. The van der Waals surface area contributed by atoms with Gasteiger partial charge in [-0.3, -0.25) is 4.90 Å². The van der Waals surface area contributed by atoms with Crippen molar-refractivity contribution in [1.82, 2.24) is 9.80 Å². The maximum absolute atomic E-state index is 11.9. The van der Waals surface area contributed by atoms with Crippen LogP contribution in [0.5, 0.6) is 5.75 Å². The number of ether oxygens (including phenoxy) is 2. The maximum atomic E-state index is 11.9. The van der Waals surface area contributed by atoms with Gasteiger partial charge in [-0.25, -0.2) is 4.79 Å². The van der Waals surface area contributed by atoms with Crippen LogP contribution in [0.3, 0.4) is 0 Å². The lowest BCUT2D eigenvalue weighted by Crippen LogP contribution is -2.36. The van der Waals surface area contributed by atoms with E-state index in [4.69, 9.17) is 9.47 Å². The molecule has 6 nitrogen and oxygen atoms in total. The summed E-state index contributed by atoms with van der Waals surface area (Å²) in [6.07, 6.45) is 0.475. The van der Waals surface area contributed by atoms with E-state index in [1.807, 2.05) is 52.1 Å². The molecule has 25 heavy (non-hydrogen) atoms. The molecular formula is C19H32N2O4. The van der Waals surface area contributed by atoms with Gasteiger partial charge in [0.2, 0.25) is 0 Å². The summed E-state index contributed by atoms with van der Waals surface area (Å²) >= 11 is 0. The van der Waals surface area contributed by atoms with Gasteiger partial charge in [-0.2, -0.15) is 0 Å². The van der Waals surface area contributed by atoms with Crippen LogP contribution in [0.1, 0.15) is 38.8 Å².